The maximum atomic E-state index is 6.12. The first kappa shape index (κ1) is 12.9. The first-order chi connectivity index (χ1) is 8.41. The van der Waals surface area contributed by atoms with Gasteiger partial charge in [-0.3, -0.25) is 4.68 Å². The van der Waals surface area contributed by atoms with Gasteiger partial charge in [-0.05, 0) is 52.3 Å². The molecule has 2 aromatic heterocycles. The van der Waals surface area contributed by atoms with E-state index in [1.165, 1.54) is 5.56 Å². The number of aromatic nitrogens is 2. The van der Waals surface area contributed by atoms with E-state index in [2.05, 4.69) is 18.9 Å². The SMILES string of the molecule is Cc1ccc(C(C(C)N)n2nc(C)c(C)c2C)o1. The zero-order valence-electron chi connectivity index (χ0n) is 11.7. The number of furan rings is 1. The van der Waals surface area contributed by atoms with Gasteiger partial charge in [0, 0.05) is 11.7 Å². The Hall–Kier alpha value is -1.55. The van der Waals surface area contributed by atoms with Crippen molar-refractivity contribution in [3.8, 4) is 0 Å². The second-order valence-electron chi connectivity index (χ2n) is 4.99. The highest BCUT2D eigenvalue weighted by Gasteiger charge is 2.25. The highest BCUT2D eigenvalue weighted by atomic mass is 16.3. The van der Waals surface area contributed by atoms with Crippen LogP contribution in [0.2, 0.25) is 0 Å². The van der Waals surface area contributed by atoms with Crippen LogP contribution in [0.4, 0.5) is 0 Å². The minimum atomic E-state index is -0.0621. The lowest BCUT2D eigenvalue weighted by molar-refractivity contribution is 0.355. The van der Waals surface area contributed by atoms with Crippen LogP contribution < -0.4 is 5.73 Å². The lowest BCUT2D eigenvalue weighted by Crippen LogP contribution is -2.31. The number of aryl methyl sites for hydroxylation is 2. The lowest BCUT2D eigenvalue weighted by Gasteiger charge is -2.21. The minimum Gasteiger partial charge on any atom is -0.464 e. The third-order valence-corrected chi connectivity index (χ3v) is 3.50. The summed E-state index contributed by atoms with van der Waals surface area (Å²) < 4.78 is 7.70. The normalized spacial score (nSPS) is 14.8. The first-order valence-electron chi connectivity index (χ1n) is 6.26. The summed E-state index contributed by atoms with van der Waals surface area (Å²) in [5.74, 6) is 1.77. The van der Waals surface area contributed by atoms with Gasteiger partial charge in [-0.15, -0.1) is 0 Å². The van der Waals surface area contributed by atoms with Crippen molar-refractivity contribution in [2.24, 2.45) is 5.73 Å². The van der Waals surface area contributed by atoms with Crippen LogP contribution in [0.1, 0.15) is 41.4 Å². The van der Waals surface area contributed by atoms with Gasteiger partial charge in [-0.25, -0.2) is 0 Å². The summed E-state index contributed by atoms with van der Waals surface area (Å²) in [6, 6.07) is 3.83. The zero-order chi connectivity index (χ0) is 13.4. The Kier molecular flexibility index (Phi) is 3.30. The van der Waals surface area contributed by atoms with Crippen molar-refractivity contribution in [1.29, 1.82) is 0 Å². The maximum Gasteiger partial charge on any atom is 0.130 e. The molecule has 0 saturated carbocycles. The van der Waals surface area contributed by atoms with Crippen LogP contribution in [0, 0.1) is 27.7 Å². The molecule has 0 spiro atoms. The van der Waals surface area contributed by atoms with Crippen molar-refractivity contribution >= 4 is 0 Å². The highest BCUT2D eigenvalue weighted by Crippen LogP contribution is 2.26. The van der Waals surface area contributed by atoms with Crippen LogP contribution in [-0.4, -0.2) is 15.8 Å². The molecular formula is C14H21N3O. The molecule has 2 heterocycles. The third kappa shape index (κ3) is 2.08. The lowest BCUT2D eigenvalue weighted by atomic mass is 10.1. The van der Waals surface area contributed by atoms with Gasteiger partial charge in [0.2, 0.25) is 0 Å². The van der Waals surface area contributed by atoms with Gasteiger partial charge >= 0.3 is 0 Å². The van der Waals surface area contributed by atoms with E-state index in [1.54, 1.807) is 0 Å². The van der Waals surface area contributed by atoms with E-state index in [1.807, 2.05) is 37.6 Å². The van der Waals surface area contributed by atoms with Crippen LogP contribution in [0.25, 0.3) is 0 Å². The molecule has 4 nitrogen and oxygen atoms in total. The second kappa shape index (κ2) is 4.61. The molecule has 0 aliphatic rings. The third-order valence-electron chi connectivity index (χ3n) is 3.50. The van der Waals surface area contributed by atoms with E-state index < -0.39 is 0 Å². The second-order valence-corrected chi connectivity index (χ2v) is 4.99. The molecule has 4 heteroatoms. The Labute approximate surface area is 108 Å². The van der Waals surface area contributed by atoms with Gasteiger partial charge < -0.3 is 10.2 Å². The Bertz CT molecular complexity index is 551. The molecule has 0 aliphatic heterocycles. The Morgan fingerprint density at radius 1 is 1.22 bits per heavy atom. The molecule has 0 aliphatic carbocycles. The number of nitrogens with two attached hydrogens (primary N) is 1. The standard InChI is InChI=1S/C14H21N3O/c1-8-6-7-13(18-8)14(10(3)15)17-12(5)9(2)11(4)16-17/h6-7,10,14H,15H2,1-5H3. The molecule has 2 atom stereocenters. The minimum absolute atomic E-state index is 0.0499. The zero-order valence-corrected chi connectivity index (χ0v) is 11.7. The molecule has 18 heavy (non-hydrogen) atoms. The predicted octanol–water partition coefficient (Wildman–Crippen LogP) is 2.65. The van der Waals surface area contributed by atoms with Gasteiger partial charge in [0.15, 0.2) is 0 Å². The molecule has 0 bridgehead atoms. The summed E-state index contributed by atoms with van der Waals surface area (Å²) in [4.78, 5) is 0. The summed E-state index contributed by atoms with van der Waals surface area (Å²) in [6.45, 7) is 10.1. The number of nitrogens with zero attached hydrogens (tertiary/aromatic N) is 2. The molecule has 2 unspecified atom stereocenters. The quantitative estimate of drug-likeness (QED) is 0.907. The summed E-state index contributed by atoms with van der Waals surface area (Å²) in [5.41, 5.74) is 9.51. The Morgan fingerprint density at radius 2 is 1.89 bits per heavy atom. The van der Waals surface area contributed by atoms with Gasteiger partial charge in [-0.1, -0.05) is 0 Å². The largest absolute Gasteiger partial charge is 0.464 e. The van der Waals surface area contributed by atoms with E-state index in [0.717, 1.165) is 22.9 Å². The van der Waals surface area contributed by atoms with Crippen molar-refractivity contribution < 1.29 is 4.42 Å². The van der Waals surface area contributed by atoms with Crippen molar-refractivity contribution in [1.82, 2.24) is 9.78 Å². The monoisotopic (exact) mass is 247 g/mol. The van der Waals surface area contributed by atoms with E-state index in [9.17, 15) is 0 Å². The van der Waals surface area contributed by atoms with Gasteiger partial charge in [0.25, 0.3) is 0 Å². The fourth-order valence-corrected chi connectivity index (χ4v) is 2.23. The average molecular weight is 247 g/mol. The van der Waals surface area contributed by atoms with Crippen molar-refractivity contribution in [3.63, 3.8) is 0 Å². The van der Waals surface area contributed by atoms with Crippen molar-refractivity contribution in [2.75, 3.05) is 0 Å². The Morgan fingerprint density at radius 3 is 2.28 bits per heavy atom. The van der Waals surface area contributed by atoms with Crippen LogP contribution in [0.15, 0.2) is 16.5 Å². The van der Waals surface area contributed by atoms with E-state index in [0.29, 0.717) is 0 Å². The molecule has 0 fully saturated rings. The molecule has 0 aromatic carbocycles. The van der Waals surface area contributed by atoms with Crippen LogP contribution in [0.5, 0.6) is 0 Å². The average Bonchev–Trinajstić information content (AvgIpc) is 2.80. The molecular weight excluding hydrogens is 226 g/mol. The number of hydrogen-bond donors (Lipinski definition) is 1. The van der Waals surface area contributed by atoms with Gasteiger partial charge in [0.05, 0.1) is 5.69 Å². The van der Waals surface area contributed by atoms with Crippen LogP contribution >= 0.6 is 0 Å². The summed E-state index contributed by atoms with van der Waals surface area (Å²) in [6.07, 6.45) is 0. The topological polar surface area (TPSA) is 57.0 Å². The maximum absolute atomic E-state index is 6.12. The molecule has 2 aromatic rings. The predicted molar refractivity (Wildman–Crippen MR) is 71.7 cm³/mol. The van der Waals surface area contributed by atoms with E-state index >= 15 is 0 Å². The fraction of sp³-hybridized carbons (Fsp3) is 0.500. The van der Waals surface area contributed by atoms with Crippen molar-refractivity contribution in [3.05, 3.63) is 40.6 Å². The summed E-state index contributed by atoms with van der Waals surface area (Å²) in [5, 5.41) is 4.59. The Balaban J connectivity index is 2.51. The van der Waals surface area contributed by atoms with Crippen LogP contribution in [0.3, 0.4) is 0 Å². The van der Waals surface area contributed by atoms with E-state index in [-0.39, 0.29) is 12.1 Å². The first-order valence-corrected chi connectivity index (χ1v) is 6.26. The van der Waals surface area contributed by atoms with Gasteiger partial charge in [-0.2, -0.15) is 5.10 Å². The summed E-state index contributed by atoms with van der Waals surface area (Å²) >= 11 is 0. The smallest absolute Gasteiger partial charge is 0.130 e. The van der Waals surface area contributed by atoms with Crippen LogP contribution in [-0.2, 0) is 0 Å². The molecule has 0 saturated heterocycles. The summed E-state index contributed by atoms with van der Waals surface area (Å²) in [7, 11) is 0. The van der Waals surface area contributed by atoms with Gasteiger partial charge in [0.1, 0.15) is 17.6 Å². The molecule has 2 N–H and O–H groups in total. The molecule has 0 radical (unpaired) electrons. The highest BCUT2D eigenvalue weighted by molar-refractivity contribution is 5.25. The molecule has 98 valence electrons. The number of rotatable bonds is 3. The van der Waals surface area contributed by atoms with Crippen molar-refractivity contribution in [2.45, 2.75) is 46.7 Å². The molecule has 2 rings (SSSR count). The fourth-order valence-electron chi connectivity index (χ4n) is 2.23. The van der Waals surface area contributed by atoms with E-state index in [4.69, 9.17) is 10.2 Å². The molecule has 0 amide bonds. The number of hydrogen-bond acceptors (Lipinski definition) is 3.